The highest BCUT2D eigenvalue weighted by Crippen LogP contribution is 2.36. The summed E-state index contributed by atoms with van der Waals surface area (Å²) >= 11 is 0. The molecule has 1 spiro atoms. The van der Waals surface area contributed by atoms with Crippen LogP contribution in [0.25, 0.3) is 0 Å². The van der Waals surface area contributed by atoms with E-state index >= 15 is 0 Å². The summed E-state index contributed by atoms with van der Waals surface area (Å²) in [6, 6.07) is 0. The number of nitrogens with zero attached hydrogens (tertiary/aromatic N) is 1. The van der Waals surface area contributed by atoms with Crippen LogP contribution in [0.3, 0.4) is 0 Å². The number of rotatable bonds is 0. The monoisotopic (exact) mass is 155 g/mol. The molecule has 0 bridgehead atoms. The molecule has 11 heavy (non-hydrogen) atoms. The first-order valence-corrected chi connectivity index (χ1v) is 4.04. The topological polar surface area (TPSA) is 29.5 Å². The molecule has 0 saturated carbocycles. The zero-order valence-electron chi connectivity index (χ0n) is 6.80. The van der Waals surface area contributed by atoms with E-state index in [1.54, 1.807) is 0 Å². The van der Waals surface area contributed by atoms with Crippen molar-refractivity contribution in [1.82, 2.24) is 4.90 Å². The molecule has 3 heteroatoms. The Balaban J connectivity index is 2.02. The van der Waals surface area contributed by atoms with Gasteiger partial charge in [-0.15, -0.1) is 0 Å². The predicted molar refractivity (Wildman–Crippen MR) is 40.1 cm³/mol. The highest BCUT2D eigenvalue weighted by atomic mass is 16.5. The molecule has 0 aliphatic carbocycles. The highest BCUT2D eigenvalue weighted by Gasteiger charge is 2.43. The number of hydrogen-bond donors (Lipinski definition) is 0. The molecule has 3 nitrogen and oxygen atoms in total. The van der Waals surface area contributed by atoms with Crippen LogP contribution in [-0.2, 0) is 9.53 Å². The van der Waals surface area contributed by atoms with E-state index < -0.39 is 0 Å². The summed E-state index contributed by atoms with van der Waals surface area (Å²) in [6.07, 6.45) is 1.73. The Labute approximate surface area is 66.3 Å². The molecule has 2 heterocycles. The van der Waals surface area contributed by atoms with Crippen LogP contribution in [0.4, 0.5) is 0 Å². The Hall–Kier alpha value is -0.570. The molecule has 1 amide bonds. The Morgan fingerprint density at radius 2 is 2.27 bits per heavy atom. The minimum absolute atomic E-state index is 0.280. The van der Waals surface area contributed by atoms with Gasteiger partial charge >= 0.3 is 0 Å². The molecule has 0 atom stereocenters. The number of ether oxygens (including phenoxy) is 1. The van der Waals surface area contributed by atoms with Crippen molar-refractivity contribution in [1.29, 1.82) is 0 Å². The molecular weight excluding hydrogens is 142 g/mol. The Morgan fingerprint density at radius 3 is 2.73 bits per heavy atom. The molecule has 0 N–H and O–H groups in total. The number of likely N-dealkylation sites (tertiary alicyclic amines) is 1. The molecule has 0 aromatic carbocycles. The lowest BCUT2D eigenvalue weighted by atomic mass is 9.78. The second-order valence-electron chi connectivity index (χ2n) is 3.74. The van der Waals surface area contributed by atoms with Gasteiger partial charge < -0.3 is 9.64 Å². The van der Waals surface area contributed by atoms with Crippen LogP contribution in [0, 0.1) is 5.41 Å². The molecule has 2 aliphatic rings. The van der Waals surface area contributed by atoms with E-state index in [1.165, 1.54) is 0 Å². The molecule has 0 unspecified atom stereocenters. The van der Waals surface area contributed by atoms with E-state index in [-0.39, 0.29) is 5.91 Å². The average molecular weight is 155 g/mol. The maximum atomic E-state index is 11.1. The number of amides is 1. The number of carbonyl (C=O) groups excluding carboxylic acids is 1. The van der Waals surface area contributed by atoms with Gasteiger partial charge in [0.25, 0.3) is 0 Å². The molecule has 2 fully saturated rings. The fourth-order valence-corrected chi connectivity index (χ4v) is 1.86. The Kier molecular flexibility index (Phi) is 1.42. The van der Waals surface area contributed by atoms with Crippen molar-refractivity contribution in [2.75, 3.05) is 26.8 Å². The quantitative estimate of drug-likeness (QED) is 0.502. The third-order valence-corrected chi connectivity index (χ3v) is 2.68. The molecular formula is C8H13NO2. The number of piperidine rings is 1. The van der Waals surface area contributed by atoms with E-state index in [0.717, 1.165) is 26.2 Å². The predicted octanol–water partition coefficient (Wildman–Crippen LogP) is 0.255. The smallest absolute Gasteiger partial charge is 0.222 e. The highest BCUT2D eigenvalue weighted by molar-refractivity contribution is 5.76. The summed E-state index contributed by atoms with van der Waals surface area (Å²) in [5, 5.41) is 0. The molecule has 2 aliphatic heterocycles. The Bertz CT molecular complexity index is 187. The van der Waals surface area contributed by atoms with Crippen LogP contribution in [0.1, 0.15) is 12.8 Å². The largest absolute Gasteiger partial charge is 0.380 e. The summed E-state index contributed by atoms with van der Waals surface area (Å²) in [6.45, 7) is 2.60. The second-order valence-corrected chi connectivity index (χ2v) is 3.74. The first-order chi connectivity index (χ1) is 5.22. The lowest BCUT2D eigenvalue weighted by molar-refractivity contribution is -0.162. The van der Waals surface area contributed by atoms with Crippen molar-refractivity contribution in [3.8, 4) is 0 Å². The van der Waals surface area contributed by atoms with Crippen molar-refractivity contribution >= 4 is 5.91 Å². The summed E-state index contributed by atoms with van der Waals surface area (Å²) in [7, 11) is 1.88. The van der Waals surface area contributed by atoms with Crippen LogP contribution >= 0.6 is 0 Å². The van der Waals surface area contributed by atoms with Gasteiger partial charge in [-0.25, -0.2) is 0 Å². The van der Waals surface area contributed by atoms with E-state index in [4.69, 9.17) is 4.74 Å². The third kappa shape index (κ3) is 1.03. The van der Waals surface area contributed by atoms with Gasteiger partial charge in [-0.05, 0) is 6.42 Å². The van der Waals surface area contributed by atoms with Gasteiger partial charge in [-0.1, -0.05) is 0 Å². The van der Waals surface area contributed by atoms with Gasteiger partial charge in [0.05, 0.1) is 13.2 Å². The van der Waals surface area contributed by atoms with Gasteiger partial charge in [-0.2, -0.15) is 0 Å². The van der Waals surface area contributed by atoms with Crippen molar-refractivity contribution < 1.29 is 9.53 Å². The van der Waals surface area contributed by atoms with Crippen LogP contribution in [0.15, 0.2) is 0 Å². The van der Waals surface area contributed by atoms with Crippen LogP contribution in [0.2, 0.25) is 0 Å². The van der Waals surface area contributed by atoms with Crippen LogP contribution in [0.5, 0.6) is 0 Å². The maximum Gasteiger partial charge on any atom is 0.222 e. The number of carbonyl (C=O) groups is 1. The Morgan fingerprint density at radius 1 is 1.55 bits per heavy atom. The summed E-state index contributed by atoms with van der Waals surface area (Å²) in [5.41, 5.74) is 0.336. The van der Waals surface area contributed by atoms with Gasteiger partial charge in [0.1, 0.15) is 0 Å². The normalized spacial score (nSPS) is 28.8. The first kappa shape index (κ1) is 7.10. The van der Waals surface area contributed by atoms with Crippen molar-refractivity contribution in [2.45, 2.75) is 12.8 Å². The third-order valence-electron chi connectivity index (χ3n) is 2.68. The SMILES string of the molecule is CN1CC2(CCC1=O)COC2. The van der Waals surface area contributed by atoms with Crippen molar-refractivity contribution in [3.05, 3.63) is 0 Å². The van der Waals surface area contributed by atoms with Gasteiger partial charge in [0, 0.05) is 25.4 Å². The second kappa shape index (κ2) is 2.21. The van der Waals surface area contributed by atoms with Gasteiger partial charge in [-0.3, -0.25) is 4.79 Å². The standard InChI is InChI=1S/C8H13NO2/c1-9-4-8(5-11-6-8)3-2-7(9)10/h2-6H2,1H3. The lowest BCUT2D eigenvalue weighted by Crippen LogP contribution is -2.54. The van der Waals surface area contributed by atoms with E-state index in [1.807, 2.05) is 11.9 Å². The number of hydrogen-bond acceptors (Lipinski definition) is 2. The summed E-state index contributed by atoms with van der Waals surface area (Å²) < 4.78 is 5.16. The summed E-state index contributed by atoms with van der Waals surface area (Å²) in [5.74, 6) is 0.280. The average Bonchev–Trinajstić information content (AvgIpc) is 1.92. The van der Waals surface area contributed by atoms with Crippen LogP contribution < -0.4 is 0 Å². The lowest BCUT2D eigenvalue weighted by Gasteiger charge is -2.46. The van der Waals surface area contributed by atoms with Crippen molar-refractivity contribution in [2.24, 2.45) is 5.41 Å². The zero-order valence-corrected chi connectivity index (χ0v) is 6.80. The molecule has 62 valence electrons. The molecule has 0 aromatic heterocycles. The fourth-order valence-electron chi connectivity index (χ4n) is 1.86. The molecule has 0 aromatic rings. The molecule has 2 saturated heterocycles. The summed E-state index contributed by atoms with van der Waals surface area (Å²) in [4.78, 5) is 12.9. The van der Waals surface area contributed by atoms with E-state index in [9.17, 15) is 4.79 Å². The minimum Gasteiger partial charge on any atom is -0.380 e. The molecule has 0 radical (unpaired) electrons. The fraction of sp³-hybridized carbons (Fsp3) is 0.875. The van der Waals surface area contributed by atoms with Gasteiger partial charge in [0.2, 0.25) is 5.91 Å². The maximum absolute atomic E-state index is 11.1. The van der Waals surface area contributed by atoms with Crippen LogP contribution in [-0.4, -0.2) is 37.6 Å². The zero-order chi connectivity index (χ0) is 7.90. The van der Waals surface area contributed by atoms with E-state index in [0.29, 0.717) is 11.8 Å². The van der Waals surface area contributed by atoms with Gasteiger partial charge in [0.15, 0.2) is 0 Å². The van der Waals surface area contributed by atoms with Crippen molar-refractivity contribution in [3.63, 3.8) is 0 Å². The minimum atomic E-state index is 0.280. The molecule has 2 rings (SSSR count). The van der Waals surface area contributed by atoms with E-state index in [2.05, 4.69) is 0 Å². The first-order valence-electron chi connectivity index (χ1n) is 4.04.